The molecule has 2 nitrogen and oxygen atoms in total. The zero-order valence-electron chi connectivity index (χ0n) is 8.57. The largest absolute Gasteiger partial charge is 0.348 e. The van der Waals surface area contributed by atoms with Crippen molar-refractivity contribution in [2.45, 2.75) is 13.8 Å². The smallest absolute Gasteiger partial charge is 0.199 e. The van der Waals surface area contributed by atoms with Crippen molar-refractivity contribution in [1.82, 2.24) is 4.90 Å². The number of halogens is 1. The highest BCUT2D eigenvalue weighted by Gasteiger charge is 2.02. The minimum absolute atomic E-state index is 0.557. The van der Waals surface area contributed by atoms with E-state index in [0.29, 0.717) is 5.29 Å². The molecule has 0 aliphatic heterocycles. The summed E-state index contributed by atoms with van der Waals surface area (Å²) in [4.78, 5) is 6.32. The Bertz CT molecular complexity index is 291. The van der Waals surface area contributed by atoms with Gasteiger partial charge in [0.15, 0.2) is 5.29 Å². The van der Waals surface area contributed by atoms with Crippen LogP contribution in [0.2, 0.25) is 0 Å². The minimum Gasteiger partial charge on any atom is -0.348 e. The highest BCUT2D eigenvalue weighted by atomic mass is 35.5. The summed E-state index contributed by atoms with van der Waals surface area (Å²) in [7, 11) is 0. The number of rotatable bonds is 3. The molecule has 0 bridgehead atoms. The Morgan fingerprint density at radius 1 is 1.21 bits per heavy atom. The third kappa shape index (κ3) is 3.04. The number of hydrogen-bond donors (Lipinski definition) is 0. The fraction of sp³-hybridized carbons (Fsp3) is 0.364. The summed E-state index contributed by atoms with van der Waals surface area (Å²) in [6, 6.07) is 9.73. The van der Waals surface area contributed by atoms with Crippen molar-refractivity contribution in [3.8, 4) is 0 Å². The second kappa shape index (κ2) is 5.66. The monoisotopic (exact) mass is 210 g/mol. The van der Waals surface area contributed by atoms with Gasteiger partial charge in [-0.15, -0.1) is 0 Å². The lowest BCUT2D eigenvalue weighted by atomic mass is 10.3. The van der Waals surface area contributed by atoms with Crippen LogP contribution in [-0.2, 0) is 0 Å². The van der Waals surface area contributed by atoms with Crippen LogP contribution in [0.4, 0.5) is 5.69 Å². The Kier molecular flexibility index (Phi) is 4.47. The van der Waals surface area contributed by atoms with Gasteiger partial charge in [0.1, 0.15) is 0 Å². The van der Waals surface area contributed by atoms with E-state index in [0.717, 1.165) is 18.8 Å². The van der Waals surface area contributed by atoms with E-state index in [-0.39, 0.29) is 0 Å². The molecule has 0 aromatic heterocycles. The van der Waals surface area contributed by atoms with Gasteiger partial charge in [-0.1, -0.05) is 18.2 Å². The minimum atomic E-state index is 0.557. The van der Waals surface area contributed by atoms with E-state index in [1.165, 1.54) is 0 Å². The molecule has 0 saturated heterocycles. The van der Waals surface area contributed by atoms with Crippen LogP contribution < -0.4 is 0 Å². The number of amidine groups is 1. The van der Waals surface area contributed by atoms with Crippen molar-refractivity contribution in [2.24, 2.45) is 4.99 Å². The van der Waals surface area contributed by atoms with Gasteiger partial charge in [-0.2, -0.15) is 0 Å². The lowest BCUT2D eigenvalue weighted by Crippen LogP contribution is -2.26. The average Bonchev–Trinajstić information content (AvgIpc) is 2.21. The molecule has 0 atom stereocenters. The summed E-state index contributed by atoms with van der Waals surface area (Å²) in [6.07, 6.45) is 0. The second-order valence-corrected chi connectivity index (χ2v) is 3.23. The zero-order chi connectivity index (χ0) is 10.4. The maximum atomic E-state index is 6.06. The molecule has 0 N–H and O–H groups in total. The molecule has 14 heavy (non-hydrogen) atoms. The van der Waals surface area contributed by atoms with E-state index in [1.54, 1.807) is 0 Å². The van der Waals surface area contributed by atoms with Gasteiger partial charge in [0.2, 0.25) is 0 Å². The molecule has 76 valence electrons. The Morgan fingerprint density at radius 3 is 2.29 bits per heavy atom. The molecule has 0 saturated carbocycles. The van der Waals surface area contributed by atoms with Crippen molar-refractivity contribution in [3.63, 3.8) is 0 Å². The molecule has 3 heteroatoms. The van der Waals surface area contributed by atoms with E-state index in [9.17, 15) is 0 Å². The van der Waals surface area contributed by atoms with Crippen LogP contribution in [0.15, 0.2) is 35.3 Å². The molecular weight excluding hydrogens is 196 g/mol. The van der Waals surface area contributed by atoms with Crippen LogP contribution >= 0.6 is 11.6 Å². The molecule has 1 aromatic carbocycles. The second-order valence-electron chi connectivity index (χ2n) is 2.89. The Labute approximate surface area is 90.2 Å². The fourth-order valence-electron chi connectivity index (χ4n) is 1.16. The predicted molar refractivity (Wildman–Crippen MR) is 62.3 cm³/mol. The van der Waals surface area contributed by atoms with Crippen molar-refractivity contribution in [2.75, 3.05) is 13.1 Å². The molecule has 1 aromatic rings. The van der Waals surface area contributed by atoms with Crippen LogP contribution in [0.25, 0.3) is 0 Å². The highest BCUT2D eigenvalue weighted by molar-refractivity contribution is 6.64. The molecule has 0 heterocycles. The Hall–Kier alpha value is -1.02. The third-order valence-electron chi connectivity index (χ3n) is 2.00. The summed E-state index contributed by atoms with van der Waals surface area (Å²) in [5.74, 6) is 0. The summed E-state index contributed by atoms with van der Waals surface area (Å²) >= 11 is 6.06. The number of hydrogen-bond acceptors (Lipinski definition) is 1. The van der Waals surface area contributed by atoms with E-state index >= 15 is 0 Å². The van der Waals surface area contributed by atoms with Crippen molar-refractivity contribution in [1.29, 1.82) is 0 Å². The van der Waals surface area contributed by atoms with Crippen LogP contribution in [0, 0.1) is 0 Å². The van der Waals surface area contributed by atoms with Crippen LogP contribution in [0.5, 0.6) is 0 Å². The fourth-order valence-corrected chi connectivity index (χ4v) is 1.50. The van der Waals surface area contributed by atoms with Gasteiger partial charge in [-0.3, -0.25) is 0 Å². The third-order valence-corrected chi connectivity index (χ3v) is 2.33. The van der Waals surface area contributed by atoms with E-state index in [2.05, 4.69) is 18.8 Å². The first-order valence-corrected chi connectivity index (χ1v) is 5.20. The molecule has 0 fully saturated rings. The quantitative estimate of drug-likeness (QED) is 0.425. The van der Waals surface area contributed by atoms with Crippen LogP contribution in [0.3, 0.4) is 0 Å². The summed E-state index contributed by atoms with van der Waals surface area (Å²) in [5, 5.41) is 0.557. The highest BCUT2D eigenvalue weighted by Crippen LogP contribution is 2.12. The lowest BCUT2D eigenvalue weighted by molar-refractivity contribution is 0.474. The molecule has 0 aliphatic carbocycles. The first kappa shape index (κ1) is 11.1. The average molecular weight is 211 g/mol. The first-order valence-electron chi connectivity index (χ1n) is 4.82. The lowest BCUT2D eigenvalue weighted by Gasteiger charge is -2.17. The van der Waals surface area contributed by atoms with Gasteiger partial charge >= 0.3 is 0 Å². The van der Waals surface area contributed by atoms with Gasteiger partial charge in [0.05, 0.1) is 5.69 Å². The molecule has 0 amide bonds. The van der Waals surface area contributed by atoms with Crippen molar-refractivity contribution >= 4 is 22.6 Å². The summed E-state index contributed by atoms with van der Waals surface area (Å²) in [5.41, 5.74) is 0.893. The first-order chi connectivity index (χ1) is 6.77. The van der Waals surface area contributed by atoms with Gasteiger partial charge in [0, 0.05) is 13.1 Å². The van der Waals surface area contributed by atoms with Gasteiger partial charge < -0.3 is 4.90 Å². The zero-order valence-corrected chi connectivity index (χ0v) is 9.33. The Morgan fingerprint density at radius 2 is 1.79 bits per heavy atom. The number of para-hydroxylation sites is 1. The van der Waals surface area contributed by atoms with E-state index in [4.69, 9.17) is 11.6 Å². The van der Waals surface area contributed by atoms with Crippen LogP contribution in [0.1, 0.15) is 13.8 Å². The SMILES string of the molecule is CCN(CC)C(Cl)=Nc1ccccc1. The molecule has 0 unspecified atom stereocenters. The Balaban J connectivity index is 2.77. The summed E-state index contributed by atoms with van der Waals surface area (Å²) in [6.45, 7) is 5.89. The molecule has 0 spiro atoms. The number of nitrogens with zero attached hydrogens (tertiary/aromatic N) is 2. The predicted octanol–water partition coefficient (Wildman–Crippen LogP) is 3.25. The molecule has 0 radical (unpaired) electrons. The van der Waals surface area contributed by atoms with Crippen molar-refractivity contribution in [3.05, 3.63) is 30.3 Å². The molecular formula is C11H15ClN2. The standard InChI is InChI=1S/C11H15ClN2/c1-3-14(4-2)11(12)13-10-8-6-5-7-9-10/h5-9H,3-4H2,1-2H3. The van der Waals surface area contributed by atoms with E-state index in [1.807, 2.05) is 35.2 Å². The normalized spacial score (nSPS) is 11.5. The topological polar surface area (TPSA) is 15.6 Å². The van der Waals surface area contributed by atoms with Gasteiger partial charge in [-0.05, 0) is 37.6 Å². The van der Waals surface area contributed by atoms with Gasteiger partial charge in [0.25, 0.3) is 0 Å². The maximum Gasteiger partial charge on any atom is 0.199 e. The van der Waals surface area contributed by atoms with Gasteiger partial charge in [-0.25, -0.2) is 4.99 Å². The number of aliphatic imine (C=N–C) groups is 1. The van der Waals surface area contributed by atoms with Crippen molar-refractivity contribution < 1.29 is 0 Å². The molecule has 0 aliphatic rings. The summed E-state index contributed by atoms with van der Waals surface area (Å²) < 4.78 is 0. The van der Waals surface area contributed by atoms with E-state index < -0.39 is 0 Å². The molecule has 1 rings (SSSR count). The van der Waals surface area contributed by atoms with Crippen LogP contribution in [-0.4, -0.2) is 23.3 Å². The number of benzene rings is 1. The maximum absolute atomic E-state index is 6.06.